The van der Waals surface area contributed by atoms with Crippen LogP contribution in [0.3, 0.4) is 0 Å². The molecule has 0 heterocycles. The molecule has 0 saturated carbocycles. The molecule has 0 bridgehead atoms. The molecule has 4 nitrogen and oxygen atoms in total. The molecule has 0 fully saturated rings. The number of benzene rings is 2. The van der Waals surface area contributed by atoms with Crippen LogP contribution in [0.2, 0.25) is 0 Å². The minimum Gasteiger partial charge on any atom is -0.368 e. The topological polar surface area (TPSA) is 72.2 Å². The smallest absolute Gasteiger partial charge is 0.368 e. The molecule has 8 heteroatoms. The number of halogens is 4. The summed E-state index contributed by atoms with van der Waals surface area (Å²) in [4.78, 5) is 23.7. The fraction of sp³-hybridized carbons (Fsp3) is 0.222. The van der Waals surface area contributed by atoms with Gasteiger partial charge in [0, 0.05) is 10.9 Å². The first kappa shape index (κ1) is 20.0. The first-order chi connectivity index (χ1) is 12.1. The van der Waals surface area contributed by atoms with Gasteiger partial charge in [0.2, 0.25) is 11.8 Å². The van der Waals surface area contributed by atoms with Gasteiger partial charge in [0.1, 0.15) is 6.04 Å². The normalized spacial score (nSPS) is 12.5. The predicted octanol–water partition coefficient (Wildman–Crippen LogP) is 3.22. The van der Waals surface area contributed by atoms with Gasteiger partial charge in [-0.25, -0.2) is 0 Å². The van der Waals surface area contributed by atoms with E-state index in [1.165, 1.54) is 12.1 Å². The highest BCUT2D eigenvalue weighted by Gasteiger charge is 2.30. The number of carbonyl (C=O) groups excluding carboxylic acids is 2. The van der Waals surface area contributed by atoms with Crippen molar-refractivity contribution in [1.29, 1.82) is 0 Å². The molecule has 3 N–H and O–H groups in total. The lowest BCUT2D eigenvalue weighted by Crippen LogP contribution is -2.46. The van der Waals surface area contributed by atoms with Crippen molar-refractivity contribution in [3.63, 3.8) is 0 Å². The summed E-state index contributed by atoms with van der Waals surface area (Å²) >= 11 is 3.32. The number of rotatable bonds is 6. The molecule has 0 aliphatic rings. The molecule has 2 aromatic carbocycles. The fourth-order valence-electron chi connectivity index (χ4n) is 2.36. The van der Waals surface area contributed by atoms with Gasteiger partial charge in [-0.2, -0.15) is 13.2 Å². The monoisotopic (exact) mass is 428 g/mol. The summed E-state index contributed by atoms with van der Waals surface area (Å²) in [6.07, 6.45) is -4.37. The average molecular weight is 429 g/mol. The van der Waals surface area contributed by atoms with Gasteiger partial charge in [-0.05, 0) is 35.4 Å². The fourth-order valence-corrected chi connectivity index (χ4v) is 2.81. The molecule has 0 radical (unpaired) electrons. The summed E-state index contributed by atoms with van der Waals surface area (Å²) in [5.74, 6) is -1.19. The number of primary amides is 1. The van der Waals surface area contributed by atoms with Crippen molar-refractivity contribution in [2.24, 2.45) is 5.73 Å². The molecule has 138 valence electrons. The summed E-state index contributed by atoms with van der Waals surface area (Å²) in [6, 6.07) is 10.6. The molecule has 1 atom stereocenters. The van der Waals surface area contributed by atoms with Gasteiger partial charge in [-0.15, -0.1) is 0 Å². The first-order valence-electron chi connectivity index (χ1n) is 7.64. The summed E-state index contributed by atoms with van der Waals surface area (Å²) in [6.45, 7) is 0. The van der Waals surface area contributed by atoms with Crippen LogP contribution in [0.15, 0.2) is 53.0 Å². The number of hydrogen-bond donors (Lipinski definition) is 2. The van der Waals surface area contributed by atoms with Crippen molar-refractivity contribution in [3.05, 3.63) is 69.7 Å². The van der Waals surface area contributed by atoms with Crippen LogP contribution in [-0.2, 0) is 28.6 Å². The molecule has 2 aromatic rings. The van der Waals surface area contributed by atoms with Crippen molar-refractivity contribution in [2.75, 3.05) is 0 Å². The summed E-state index contributed by atoms with van der Waals surface area (Å²) in [5, 5.41) is 2.53. The van der Waals surface area contributed by atoms with Gasteiger partial charge in [0.05, 0.1) is 12.0 Å². The Morgan fingerprint density at radius 1 is 1.08 bits per heavy atom. The zero-order valence-electron chi connectivity index (χ0n) is 13.5. The van der Waals surface area contributed by atoms with Crippen LogP contribution in [-0.4, -0.2) is 17.9 Å². The summed E-state index contributed by atoms with van der Waals surface area (Å²) < 4.78 is 38.5. The van der Waals surface area contributed by atoms with Gasteiger partial charge >= 0.3 is 6.18 Å². The van der Waals surface area contributed by atoms with Gasteiger partial charge in [-0.3, -0.25) is 9.59 Å². The Balaban J connectivity index is 2.00. The Morgan fingerprint density at radius 3 is 2.27 bits per heavy atom. The molecule has 2 amide bonds. The van der Waals surface area contributed by atoms with Crippen LogP contribution >= 0.6 is 15.9 Å². The van der Waals surface area contributed by atoms with E-state index in [0.717, 1.165) is 22.2 Å². The molecule has 0 spiro atoms. The molecule has 2 rings (SSSR count). The van der Waals surface area contributed by atoms with Crippen LogP contribution in [0.1, 0.15) is 16.7 Å². The van der Waals surface area contributed by atoms with Gasteiger partial charge in [-0.1, -0.05) is 40.2 Å². The second-order valence-corrected chi connectivity index (χ2v) is 6.64. The summed E-state index contributed by atoms with van der Waals surface area (Å²) in [5.41, 5.74) is 5.76. The maximum atomic E-state index is 12.5. The zero-order chi connectivity index (χ0) is 19.3. The molecule has 26 heavy (non-hydrogen) atoms. The number of alkyl halides is 3. The lowest BCUT2D eigenvalue weighted by atomic mass is 10.0. The van der Waals surface area contributed by atoms with E-state index in [-0.39, 0.29) is 12.8 Å². The lowest BCUT2D eigenvalue weighted by Gasteiger charge is -2.16. The van der Waals surface area contributed by atoms with Crippen molar-refractivity contribution < 1.29 is 22.8 Å². The van der Waals surface area contributed by atoms with E-state index >= 15 is 0 Å². The SMILES string of the molecule is NC(=O)[C@H](Cc1cccc(Br)c1)NC(=O)Cc1ccc(C(F)(F)F)cc1. The quantitative estimate of drug-likeness (QED) is 0.741. The maximum absolute atomic E-state index is 12.5. The number of carbonyl (C=O) groups is 2. The predicted molar refractivity (Wildman–Crippen MR) is 94.1 cm³/mol. The lowest BCUT2D eigenvalue weighted by molar-refractivity contribution is -0.137. The Labute approximate surface area is 156 Å². The highest BCUT2D eigenvalue weighted by atomic mass is 79.9. The second-order valence-electron chi connectivity index (χ2n) is 5.73. The molecule has 0 unspecified atom stereocenters. The summed E-state index contributed by atoms with van der Waals surface area (Å²) in [7, 11) is 0. The van der Waals surface area contributed by atoms with E-state index in [9.17, 15) is 22.8 Å². The van der Waals surface area contributed by atoms with E-state index in [4.69, 9.17) is 5.73 Å². The van der Waals surface area contributed by atoms with Crippen LogP contribution in [0.5, 0.6) is 0 Å². The molecule has 0 aliphatic heterocycles. The first-order valence-corrected chi connectivity index (χ1v) is 8.43. The molecular formula is C18H16BrF3N2O2. The molecule has 0 saturated heterocycles. The minimum atomic E-state index is -4.43. The van der Waals surface area contributed by atoms with E-state index in [1.54, 1.807) is 18.2 Å². The third-order valence-electron chi connectivity index (χ3n) is 3.65. The largest absolute Gasteiger partial charge is 0.416 e. The minimum absolute atomic E-state index is 0.152. The zero-order valence-corrected chi connectivity index (χ0v) is 15.1. The Morgan fingerprint density at radius 2 is 1.73 bits per heavy atom. The third kappa shape index (κ3) is 5.87. The molecule has 0 aromatic heterocycles. The second kappa shape index (κ2) is 8.35. The van der Waals surface area contributed by atoms with Crippen molar-refractivity contribution in [1.82, 2.24) is 5.32 Å². The average Bonchev–Trinajstić information content (AvgIpc) is 2.53. The Kier molecular flexibility index (Phi) is 6.42. The number of nitrogens with one attached hydrogen (secondary N) is 1. The maximum Gasteiger partial charge on any atom is 0.416 e. The Bertz CT molecular complexity index is 792. The highest BCUT2D eigenvalue weighted by molar-refractivity contribution is 9.10. The van der Waals surface area contributed by atoms with E-state index < -0.39 is 29.6 Å². The number of nitrogens with two attached hydrogens (primary N) is 1. The van der Waals surface area contributed by atoms with E-state index in [0.29, 0.717) is 5.56 Å². The third-order valence-corrected chi connectivity index (χ3v) is 4.15. The highest BCUT2D eigenvalue weighted by Crippen LogP contribution is 2.29. The van der Waals surface area contributed by atoms with Gasteiger partial charge in [0.15, 0.2) is 0 Å². The number of hydrogen-bond acceptors (Lipinski definition) is 2. The van der Waals surface area contributed by atoms with E-state index in [1.807, 2.05) is 6.07 Å². The molecule has 0 aliphatic carbocycles. The van der Waals surface area contributed by atoms with Gasteiger partial charge < -0.3 is 11.1 Å². The van der Waals surface area contributed by atoms with Crippen molar-refractivity contribution >= 4 is 27.7 Å². The van der Waals surface area contributed by atoms with Crippen molar-refractivity contribution in [2.45, 2.75) is 25.1 Å². The van der Waals surface area contributed by atoms with Crippen molar-refractivity contribution in [3.8, 4) is 0 Å². The van der Waals surface area contributed by atoms with Crippen LogP contribution < -0.4 is 11.1 Å². The molecular weight excluding hydrogens is 413 g/mol. The number of amides is 2. The van der Waals surface area contributed by atoms with E-state index in [2.05, 4.69) is 21.2 Å². The standard InChI is InChI=1S/C18H16BrF3N2O2/c19-14-3-1-2-12(8-14)9-15(17(23)26)24-16(25)10-11-4-6-13(7-5-11)18(20,21)22/h1-8,15H,9-10H2,(H2,23,26)(H,24,25)/t15-/m0/s1. The Hall–Kier alpha value is -2.35. The van der Waals surface area contributed by atoms with Crippen LogP contribution in [0.4, 0.5) is 13.2 Å². The van der Waals surface area contributed by atoms with Crippen LogP contribution in [0.25, 0.3) is 0 Å². The van der Waals surface area contributed by atoms with Gasteiger partial charge in [0.25, 0.3) is 0 Å². The van der Waals surface area contributed by atoms with Crippen LogP contribution in [0, 0.1) is 0 Å².